The Kier molecular flexibility index (Phi) is 7.40. The van der Waals surface area contributed by atoms with Crippen LogP contribution in [0.2, 0.25) is 0 Å². The Morgan fingerprint density at radius 2 is 1.60 bits per heavy atom. The first kappa shape index (κ1) is 28.1. The highest BCUT2D eigenvalue weighted by Crippen LogP contribution is 2.54. The largest absolute Gasteiger partial charge is 0.493 e. The Morgan fingerprint density at radius 3 is 2.23 bits per heavy atom. The van der Waals surface area contributed by atoms with Crippen LogP contribution in [0.15, 0.2) is 60.7 Å². The third kappa shape index (κ3) is 4.80. The summed E-state index contributed by atoms with van der Waals surface area (Å²) in [5.41, 5.74) is 8.11. The van der Waals surface area contributed by atoms with E-state index in [1.54, 1.807) is 60.7 Å². The topological polar surface area (TPSA) is 141 Å². The van der Waals surface area contributed by atoms with E-state index in [4.69, 9.17) is 24.7 Å². The Morgan fingerprint density at radius 1 is 0.907 bits per heavy atom. The maximum absolute atomic E-state index is 14.6. The van der Waals surface area contributed by atoms with Crippen LogP contribution in [0.4, 0.5) is 0 Å². The molecule has 6 rings (SSSR count). The lowest BCUT2D eigenvalue weighted by molar-refractivity contribution is -0.145. The summed E-state index contributed by atoms with van der Waals surface area (Å²) in [5, 5.41) is 9.33. The van der Waals surface area contributed by atoms with E-state index in [1.165, 1.54) is 19.1 Å². The van der Waals surface area contributed by atoms with Crippen LogP contribution >= 0.6 is 0 Å². The van der Waals surface area contributed by atoms with E-state index in [1.807, 2.05) is 0 Å². The summed E-state index contributed by atoms with van der Waals surface area (Å²) in [5.74, 6) is -1.30. The third-order valence-electron chi connectivity index (χ3n) is 8.80. The lowest BCUT2D eigenvalue weighted by atomic mass is 9.76. The smallest absolute Gasteiger partial charge is 0.240 e. The number of nitriles is 1. The molecule has 0 aromatic heterocycles. The highest BCUT2D eigenvalue weighted by molar-refractivity contribution is 6.02. The number of ketones is 1. The van der Waals surface area contributed by atoms with Crippen molar-refractivity contribution in [2.75, 3.05) is 21.0 Å². The second-order valence-corrected chi connectivity index (χ2v) is 11.0. The van der Waals surface area contributed by atoms with Crippen molar-refractivity contribution in [3.05, 3.63) is 82.9 Å². The molecule has 2 N–H and O–H groups in total. The number of amides is 2. The van der Waals surface area contributed by atoms with E-state index in [2.05, 4.69) is 6.07 Å². The third-order valence-corrected chi connectivity index (χ3v) is 8.80. The minimum Gasteiger partial charge on any atom is -0.493 e. The molecule has 1 saturated heterocycles. The number of Topliss-reactive ketones (excluding diaryl/α,β-unsaturated/α-hetero) is 1. The van der Waals surface area contributed by atoms with Crippen molar-refractivity contribution < 1.29 is 33.3 Å². The van der Waals surface area contributed by atoms with Crippen molar-refractivity contribution in [3.63, 3.8) is 0 Å². The van der Waals surface area contributed by atoms with Crippen molar-refractivity contribution in [3.8, 4) is 29.1 Å². The van der Waals surface area contributed by atoms with Gasteiger partial charge in [0, 0.05) is 17.4 Å². The van der Waals surface area contributed by atoms with Gasteiger partial charge in [-0.1, -0.05) is 30.7 Å². The van der Waals surface area contributed by atoms with Crippen LogP contribution in [0.3, 0.4) is 0 Å². The van der Waals surface area contributed by atoms with E-state index in [0.29, 0.717) is 58.1 Å². The van der Waals surface area contributed by atoms with Gasteiger partial charge in [0.2, 0.25) is 18.6 Å². The van der Waals surface area contributed by atoms with Gasteiger partial charge >= 0.3 is 0 Å². The van der Waals surface area contributed by atoms with Gasteiger partial charge in [-0.3, -0.25) is 14.4 Å². The number of hydrogen-bond acceptors (Lipinski definition) is 8. The molecule has 220 valence electrons. The van der Waals surface area contributed by atoms with Crippen LogP contribution in [-0.4, -0.2) is 49.6 Å². The van der Waals surface area contributed by atoms with Gasteiger partial charge in [0.1, 0.15) is 6.04 Å². The SMILES string of the molecule is COc1ccc(C2C(C(=O)c3ccc(C#N)cc3)C(c3ccc4c(c3)OCO4)N(C(=O)C3CCC3)C2C(N)=O)cc1OC. The average molecular weight is 582 g/mol. The molecule has 1 aliphatic carbocycles. The fraction of sp³-hybridized carbons (Fsp3) is 0.333. The summed E-state index contributed by atoms with van der Waals surface area (Å²) in [6, 6.07) is 17.0. The van der Waals surface area contributed by atoms with Crippen molar-refractivity contribution in [1.29, 1.82) is 5.26 Å². The van der Waals surface area contributed by atoms with Crippen LogP contribution in [0.5, 0.6) is 23.0 Å². The molecule has 3 aromatic carbocycles. The number of nitrogens with two attached hydrogens (primary N) is 1. The van der Waals surface area contributed by atoms with Crippen LogP contribution in [0, 0.1) is 23.2 Å². The quantitative estimate of drug-likeness (QED) is 0.392. The number of methoxy groups -OCH3 is 2. The standard InChI is InChI=1S/C33H31N3O7/c1-40-23-12-10-21(14-25(23)41-2)27-28(31(37)19-8-6-18(16-34)7-9-19)29(22-11-13-24-26(15-22)43-17-42-24)36(30(27)32(35)38)33(39)20-4-3-5-20/h6-15,20,27-30H,3-5,17H2,1-2H3,(H2,35,38). The molecule has 10 heteroatoms. The second-order valence-electron chi connectivity index (χ2n) is 11.0. The van der Waals surface area contributed by atoms with Gasteiger partial charge in [0.25, 0.3) is 0 Å². The molecule has 3 aliphatic rings. The molecule has 2 heterocycles. The zero-order valence-electron chi connectivity index (χ0n) is 23.8. The van der Waals surface area contributed by atoms with Gasteiger partial charge in [-0.05, 0) is 60.4 Å². The predicted molar refractivity (Wildman–Crippen MR) is 154 cm³/mol. The summed E-state index contributed by atoms with van der Waals surface area (Å²) in [6.45, 7) is 0.0555. The van der Waals surface area contributed by atoms with Crippen molar-refractivity contribution in [2.45, 2.75) is 37.3 Å². The molecular formula is C33H31N3O7. The lowest BCUT2D eigenvalue weighted by Crippen LogP contribution is -2.49. The molecule has 10 nitrogen and oxygen atoms in total. The number of benzene rings is 3. The first-order valence-electron chi connectivity index (χ1n) is 14.1. The Balaban J connectivity index is 1.58. The number of rotatable bonds is 8. The normalized spacial score (nSPS) is 22.4. The van der Waals surface area contributed by atoms with Crippen molar-refractivity contribution in [2.24, 2.45) is 17.6 Å². The molecular weight excluding hydrogens is 550 g/mol. The number of fused-ring (bicyclic) bond motifs is 1. The molecule has 4 unspecified atom stereocenters. The number of hydrogen-bond donors (Lipinski definition) is 1. The molecule has 4 atom stereocenters. The van der Waals surface area contributed by atoms with Crippen LogP contribution < -0.4 is 24.7 Å². The Bertz CT molecular complexity index is 1630. The van der Waals surface area contributed by atoms with E-state index in [-0.39, 0.29) is 24.4 Å². The van der Waals surface area contributed by atoms with E-state index >= 15 is 0 Å². The zero-order valence-corrected chi connectivity index (χ0v) is 23.8. The number of likely N-dealkylation sites (tertiary alicyclic amines) is 1. The van der Waals surface area contributed by atoms with Crippen LogP contribution in [-0.2, 0) is 9.59 Å². The van der Waals surface area contributed by atoms with Gasteiger partial charge in [0.15, 0.2) is 28.8 Å². The van der Waals surface area contributed by atoms with Gasteiger partial charge in [-0.15, -0.1) is 0 Å². The number of primary amides is 1. The van der Waals surface area contributed by atoms with Crippen molar-refractivity contribution in [1.82, 2.24) is 4.90 Å². The Labute approximate surface area is 248 Å². The number of carbonyl (C=O) groups is 3. The monoisotopic (exact) mass is 581 g/mol. The molecule has 3 aromatic rings. The number of carbonyl (C=O) groups excluding carboxylic acids is 3. The molecule has 2 fully saturated rings. The van der Waals surface area contributed by atoms with Gasteiger partial charge in [0.05, 0.1) is 37.8 Å². The first-order valence-corrected chi connectivity index (χ1v) is 14.1. The number of nitrogens with zero attached hydrogens (tertiary/aromatic N) is 2. The highest BCUT2D eigenvalue weighted by Gasteiger charge is 2.58. The molecule has 43 heavy (non-hydrogen) atoms. The zero-order chi connectivity index (χ0) is 30.2. The van der Waals surface area contributed by atoms with E-state index in [0.717, 1.165) is 6.42 Å². The van der Waals surface area contributed by atoms with Gasteiger partial charge in [-0.2, -0.15) is 5.26 Å². The maximum Gasteiger partial charge on any atom is 0.240 e. The van der Waals surface area contributed by atoms with E-state index < -0.39 is 29.8 Å². The maximum atomic E-state index is 14.6. The predicted octanol–water partition coefficient (Wildman–Crippen LogP) is 4.12. The van der Waals surface area contributed by atoms with Crippen molar-refractivity contribution >= 4 is 17.6 Å². The molecule has 0 radical (unpaired) electrons. The first-order chi connectivity index (χ1) is 20.9. The summed E-state index contributed by atoms with van der Waals surface area (Å²) in [4.78, 5) is 43.8. The van der Waals surface area contributed by atoms with Gasteiger partial charge in [-0.25, -0.2) is 0 Å². The summed E-state index contributed by atoms with van der Waals surface area (Å²) in [6.07, 6.45) is 2.31. The minimum absolute atomic E-state index is 0.0555. The summed E-state index contributed by atoms with van der Waals surface area (Å²) < 4.78 is 22.2. The minimum atomic E-state index is -1.13. The van der Waals surface area contributed by atoms with Crippen LogP contribution in [0.25, 0.3) is 0 Å². The molecule has 2 amide bonds. The second kappa shape index (κ2) is 11.3. The fourth-order valence-electron chi connectivity index (χ4n) is 6.49. The molecule has 0 spiro atoms. The fourth-order valence-corrected chi connectivity index (χ4v) is 6.49. The summed E-state index contributed by atoms with van der Waals surface area (Å²) in [7, 11) is 3.02. The average Bonchev–Trinajstić information content (AvgIpc) is 3.62. The highest BCUT2D eigenvalue weighted by atomic mass is 16.7. The van der Waals surface area contributed by atoms with Crippen LogP contribution in [0.1, 0.15) is 58.3 Å². The molecule has 2 aliphatic heterocycles. The summed E-state index contributed by atoms with van der Waals surface area (Å²) >= 11 is 0. The lowest BCUT2D eigenvalue weighted by Gasteiger charge is -2.36. The number of ether oxygens (including phenoxy) is 4. The molecule has 1 saturated carbocycles. The van der Waals surface area contributed by atoms with E-state index in [9.17, 15) is 19.6 Å². The van der Waals surface area contributed by atoms with Gasteiger partial charge < -0.3 is 29.6 Å². The Hall–Kier alpha value is -5.04. The molecule has 0 bridgehead atoms.